The molecule has 9 heteroatoms. The van der Waals surface area contributed by atoms with Crippen molar-refractivity contribution in [2.75, 3.05) is 17.7 Å². The van der Waals surface area contributed by atoms with Gasteiger partial charge in [0.25, 0.3) is 5.91 Å². The van der Waals surface area contributed by atoms with Crippen LogP contribution in [0.4, 0.5) is 31.8 Å². The molecule has 2 heterocycles. The molecule has 1 fully saturated rings. The maximum Gasteiger partial charge on any atom is 0.254 e. The van der Waals surface area contributed by atoms with Crippen LogP contribution in [-0.4, -0.2) is 41.6 Å². The van der Waals surface area contributed by atoms with Crippen LogP contribution in [0.15, 0.2) is 35.6 Å². The first kappa shape index (κ1) is 19.7. The minimum Gasteiger partial charge on any atom is -0.382 e. The fourth-order valence-corrected chi connectivity index (χ4v) is 3.08. The van der Waals surface area contributed by atoms with Gasteiger partial charge >= 0.3 is 0 Å². The second-order valence-corrected chi connectivity index (χ2v) is 6.65. The van der Waals surface area contributed by atoms with E-state index in [4.69, 9.17) is 0 Å². The highest BCUT2D eigenvalue weighted by molar-refractivity contribution is 5.99. The van der Waals surface area contributed by atoms with Gasteiger partial charge in [-0.3, -0.25) is 9.79 Å². The third-order valence-corrected chi connectivity index (χ3v) is 4.63. The molecule has 0 unspecified atom stereocenters. The summed E-state index contributed by atoms with van der Waals surface area (Å²) in [4.78, 5) is 24.5. The summed E-state index contributed by atoms with van der Waals surface area (Å²) in [6.07, 6.45) is 3.37. The number of nitrogens with one attached hydrogen (secondary N) is 3. The first-order chi connectivity index (χ1) is 13.4. The van der Waals surface area contributed by atoms with Gasteiger partial charge in [0.05, 0.1) is 16.9 Å². The van der Waals surface area contributed by atoms with Gasteiger partial charge in [0.15, 0.2) is 0 Å². The van der Waals surface area contributed by atoms with Gasteiger partial charge in [0.1, 0.15) is 11.6 Å². The van der Waals surface area contributed by atoms with Gasteiger partial charge in [-0.15, -0.1) is 0 Å². The predicted molar refractivity (Wildman–Crippen MR) is 105 cm³/mol. The Morgan fingerprint density at radius 2 is 1.96 bits per heavy atom. The number of alkyl halides is 2. The Hall–Kier alpha value is -3.10. The SMILES string of the molecule is C=Nc1ccnc(Nc2cc(NC3CCC(F)(F)CC3)c(C(=O)NC)cn2)c1. The van der Waals surface area contributed by atoms with Crippen LogP contribution in [0.1, 0.15) is 36.0 Å². The maximum absolute atomic E-state index is 13.4. The van der Waals surface area contributed by atoms with Crippen molar-refractivity contribution in [1.29, 1.82) is 0 Å². The highest BCUT2D eigenvalue weighted by atomic mass is 19.3. The van der Waals surface area contributed by atoms with E-state index in [-0.39, 0.29) is 24.8 Å². The van der Waals surface area contributed by atoms with Gasteiger partial charge in [-0.2, -0.15) is 0 Å². The average Bonchev–Trinajstić information content (AvgIpc) is 2.69. The van der Waals surface area contributed by atoms with E-state index in [1.165, 1.54) is 13.2 Å². The Morgan fingerprint density at radius 1 is 1.25 bits per heavy atom. The molecule has 7 nitrogen and oxygen atoms in total. The molecular formula is C19H22F2N6O. The topological polar surface area (TPSA) is 91.3 Å². The number of aromatic nitrogens is 2. The van der Waals surface area contributed by atoms with E-state index in [9.17, 15) is 13.6 Å². The standard InChI is InChI=1S/C19H22F2N6O/c1-22-13-5-8-24-16(9-13)27-17-10-15(14(11-25-17)18(28)23-2)26-12-3-6-19(20,21)7-4-12/h5,8-12H,1,3-4,6-7H2,2H3,(H,23,28)(H2,24,25,26,27). The summed E-state index contributed by atoms with van der Waals surface area (Å²) in [5, 5.41) is 8.85. The number of aliphatic imine (C=N–C) groups is 1. The lowest BCUT2D eigenvalue weighted by molar-refractivity contribution is -0.0361. The third kappa shape index (κ3) is 4.79. The summed E-state index contributed by atoms with van der Waals surface area (Å²) in [5.74, 6) is -1.93. The molecule has 0 aromatic carbocycles. The zero-order valence-electron chi connectivity index (χ0n) is 15.5. The summed E-state index contributed by atoms with van der Waals surface area (Å²) in [7, 11) is 1.52. The lowest BCUT2D eigenvalue weighted by Gasteiger charge is -2.30. The van der Waals surface area contributed by atoms with Crippen LogP contribution in [0, 0.1) is 0 Å². The number of anilines is 3. The lowest BCUT2D eigenvalue weighted by atomic mass is 9.92. The molecule has 0 spiro atoms. The minimum absolute atomic E-state index is 0.135. The van der Waals surface area contributed by atoms with Gasteiger partial charge < -0.3 is 16.0 Å². The fourth-order valence-electron chi connectivity index (χ4n) is 3.08. The fraction of sp³-hybridized carbons (Fsp3) is 0.368. The summed E-state index contributed by atoms with van der Waals surface area (Å²) in [6, 6.07) is 4.96. The second-order valence-electron chi connectivity index (χ2n) is 6.65. The van der Waals surface area contributed by atoms with Gasteiger partial charge in [0, 0.05) is 50.5 Å². The Morgan fingerprint density at radius 3 is 2.64 bits per heavy atom. The molecule has 3 N–H and O–H groups in total. The Bertz CT molecular complexity index is 863. The van der Waals surface area contributed by atoms with Crippen molar-refractivity contribution in [2.45, 2.75) is 37.6 Å². The van der Waals surface area contributed by atoms with E-state index < -0.39 is 5.92 Å². The van der Waals surface area contributed by atoms with Crippen LogP contribution in [0.5, 0.6) is 0 Å². The zero-order valence-corrected chi connectivity index (χ0v) is 15.5. The summed E-state index contributed by atoms with van der Waals surface area (Å²) >= 11 is 0. The summed E-state index contributed by atoms with van der Waals surface area (Å²) < 4.78 is 26.8. The van der Waals surface area contributed by atoms with Crippen molar-refractivity contribution < 1.29 is 13.6 Å². The van der Waals surface area contributed by atoms with Gasteiger partial charge in [-0.05, 0) is 25.6 Å². The van der Waals surface area contributed by atoms with Crippen molar-refractivity contribution >= 4 is 35.6 Å². The monoisotopic (exact) mass is 388 g/mol. The molecule has 0 saturated heterocycles. The molecule has 1 aliphatic carbocycles. The predicted octanol–water partition coefficient (Wildman–Crippen LogP) is 3.90. The molecule has 1 aliphatic rings. The van der Waals surface area contributed by atoms with E-state index >= 15 is 0 Å². The molecule has 148 valence electrons. The van der Waals surface area contributed by atoms with Gasteiger partial charge in [-0.1, -0.05) is 0 Å². The first-order valence-corrected chi connectivity index (χ1v) is 8.96. The number of amides is 1. The van der Waals surface area contributed by atoms with E-state index in [0.29, 0.717) is 41.4 Å². The van der Waals surface area contributed by atoms with Gasteiger partial charge in [0.2, 0.25) is 5.92 Å². The van der Waals surface area contributed by atoms with Crippen molar-refractivity contribution in [3.63, 3.8) is 0 Å². The van der Waals surface area contributed by atoms with E-state index in [1.807, 2.05) is 0 Å². The summed E-state index contributed by atoms with van der Waals surface area (Å²) in [6.45, 7) is 3.48. The number of pyridine rings is 2. The normalized spacial score (nSPS) is 16.2. The van der Waals surface area contributed by atoms with Crippen LogP contribution in [0.3, 0.4) is 0 Å². The molecule has 0 atom stereocenters. The zero-order chi connectivity index (χ0) is 20.1. The molecule has 28 heavy (non-hydrogen) atoms. The van der Waals surface area contributed by atoms with Crippen molar-refractivity contribution in [3.8, 4) is 0 Å². The average molecular weight is 388 g/mol. The molecule has 2 aromatic rings. The summed E-state index contributed by atoms with van der Waals surface area (Å²) in [5.41, 5.74) is 1.53. The van der Waals surface area contributed by atoms with E-state index in [0.717, 1.165) is 0 Å². The van der Waals surface area contributed by atoms with Crippen molar-refractivity contribution in [2.24, 2.45) is 4.99 Å². The molecule has 2 aromatic heterocycles. The van der Waals surface area contributed by atoms with Crippen LogP contribution in [0.2, 0.25) is 0 Å². The van der Waals surface area contributed by atoms with E-state index in [1.54, 1.807) is 24.4 Å². The Labute approximate surface area is 161 Å². The first-order valence-electron chi connectivity index (χ1n) is 8.96. The highest BCUT2D eigenvalue weighted by Crippen LogP contribution is 2.35. The molecule has 0 radical (unpaired) electrons. The lowest BCUT2D eigenvalue weighted by Crippen LogP contribution is -2.33. The third-order valence-electron chi connectivity index (χ3n) is 4.63. The second kappa shape index (κ2) is 8.28. The molecular weight excluding hydrogens is 366 g/mol. The Balaban J connectivity index is 1.82. The van der Waals surface area contributed by atoms with Crippen molar-refractivity contribution in [1.82, 2.24) is 15.3 Å². The number of hydrogen-bond acceptors (Lipinski definition) is 6. The minimum atomic E-state index is -2.61. The van der Waals surface area contributed by atoms with Gasteiger partial charge in [-0.25, -0.2) is 18.7 Å². The number of halogens is 2. The number of carbonyl (C=O) groups is 1. The quantitative estimate of drug-likeness (QED) is 0.653. The molecule has 1 saturated carbocycles. The number of hydrogen-bond donors (Lipinski definition) is 3. The van der Waals surface area contributed by atoms with Crippen LogP contribution < -0.4 is 16.0 Å². The molecule has 0 aliphatic heterocycles. The van der Waals surface area contributed by atoms with Crippen LogP contribution >= 0.6 is 0 Å². The number of nitrogens with zero attached hydrogens (tertiary/aromatic N) is 3. The van der Waals surface area contributed by atoms with Crippen molar-refractivity contribution in [3.05, 3.63) is 36.2 Å². The molecule has 3 rings (SSSR count). The maximum atomic E-state index is 13.4. The Kier molecular flexibility index (Phi) is 5.81. The van der Waals surface area contributed by atoms with Crippen LogP contribution in [-0.2, 0) is 0 Å². The smallest absolute Gasteiger partial charge is 0.254 e. The van der Waals surface area contributed by atoms with E-state index in [2.05, 4.69) is 37.6 Å². The largest absolute Gasteiger partial charge is 0.382 e. The highest BCUT2D eigenvalue weighted by Gasteiger charge is 2.35. The number of carbonyl (C=O) groups excluding carboxylic acids is 1. The van der Waals surface area contributed by atoms with Crippen LogP contribution in [0.25, 0.3) is 0 Å². The molecule has 1 amide bonds. The molecule has 0 bridgehead atoms. The number of rotatable bonds is 6.